The average Bonchev–Trinajstić information content (AvgIpc) is 2.40. The average molecular weight is 247 g/mol. The molecule has 1 heterocycles. The second-order valence-electron chi connectivity index (χ2n) is 5.07. The largest absolute Gasteiger partial charge is 0.381 e. The summed E-state index contributed by atoms with van der Waals surface area (Å²) in [6, 6.07) is 9.49. The number of hydrogen-bond donors (Lipinski definition) is 0. The zero-order valence-corrected chi connectivity index (χ0v) is 11.0. The van der Waals surface area contributed by atoms with Gasteiger partial charge in [-0.2, -0.15) is 0 Å². The second-order valence-corrected chi connectivity index (χ2v) is 5.07. The fourth-order valence-electron chi connectivity index (χ4n) is 2.42. The predicted molar refractivity (Wildman–Crippen MR) is 71.8 cm³/mol. The Labute approximate surface area is 109 Å². The Hall–Kier alpha value is -1.19. The van der Waals surface area contributed by atoms with Gasteiger partial charge in [0.1, 0.15) is 0 Å². The van der Waals surface area contributed by atoms with E-state index in [1.807, 2.05) is 37.4 Å². The Kier molecular flexibility index (Phi) is 4.90. The summed E-state index contributed by atoms with van der Waals surface area (Å²) < 4.78 is 5.46. The molecule has 1 aliphatic rings. The molecule has 0 aromatic heterocycles. The summed E-state index contributed by atoms with van der Waals surface area (Å²) in [4.78, 5) is 14.1. The molecule has 0 saturated carbocycles. The molecule has 1 fully saturated rings. The summed E-state index contributed by atoms with van der Waals surface area (Å²) in [6.07, 6.45) is 2.36. The van der Waals surface area contributed by atoms with Crippen LogP contribution in [0.5, 0.6) is 0 Å². The SMILES string of the molecule is CN(CC(=O)c1ccccc1)CC1CCCOC1. The Balaban J connectivity index is 1.80. The number of benzene rings is 1. The number of carbonyl (C=O) groups excluding carboxylic acids is 1. The molecule has 0 radical (unpaired) electrons. The van der Waals surface area contributed by atoms with Gasteiger partial charge in [0.2, 0.25) is 0 Å². The number of likely N-dealkylation sites (N-methyl/N-ethyl adjacent to an activating group) is 1. The maximum Gasteiger partial charge on any atom is 0.176 e. The van der Waals surface area contributed by atoms with E-state index in [-0.39, 0.29) is 5.78 Å². The van der Waals surface area contributed by atoms with Gasteiger partial charge in [0.15, 0.2) is 5.78 Å². The van der Waals surface area contributed by atoms with E-state index in [2.05, 4.69) is 4.90 Å². The highest BCUT2D eigenvalue weighted by molar-refractivity contribution is 5.97. The van der Waals surface area contributed by atoms with Crippen LogP contribution in [0.2, 0.25) is 0 Å². The molecule has 0 spiro atoms. The highest BCUT2D eigenvalue weighted by Crippen LogP contribution is 2.14. The quantitative estimate of drug-likeness (QED) is 0.747. The molecular weight excluding hydrogens is 226 g/mol. The first-order chi connectivity index (χ1) is 8.75. The monoisotopic (exact) mass is 247 g/mol. The molecule has 1 saturated heterocycles. The topological polar surface area (TPSA) is 29.5 Å². The Morgan fingerprint density at radius 1 is 1.39 bits per heavy atom. The lowest BCUT2D eigenvalue weighted by Crippen LogP contribution is -2.34. The number of rotatable bonds is 5. The molecule has 1 atom stereocenters. The lowest BCUT2D eigenvalue weighted by molar-refractivity contribution is 0.0416. The van der Waals surface area contributed by atoms with Gasteiger partial charge >= 0.3 is 0 Å². The standard InChI is InChI=1S/C15H21NO2/c1-16(10-13-6-5-9-18-12-13)11-15(17)14-7-3-2-4-8-14/h2-4,7-8,13H,5-6,9-12H2,1H3. The summed E-state index contributed by atoms with van der Waals surface area (Å²) in [6.45, 7) is 3.16. The third-order valence-corrected chi connectivity index (χ3v) is 3.33. The lowest BCUT2D eigenvalue weighted by Gasteiger charge is -2.26. The van der Waals surface area contributed by atoms with E-state index in [1.165, 1.54) is 6.42 Å². The first kappa shape index (κ1) is 13.2. The molecule has 0 N–H and O–H groups in total. The Morgan fingerprint density at radius 3 is 2.83 bits per heavy atom. The minimum absolute atomic E-state index is 0.190. The second kappa shape index (κ2) is 6.66. The van der Waals surface area contributed by atoms with Crippen molar-refractivity contribution in [1.82, 2.24) is 4.90 Å². The number of hydrogen-bond acceptors (Lipinski definition) is 3. The van der Waals surface area contributed by atoms with E-state index in [0.717, 1.165) is 31.7 Å². The number of nitrogens with zero attached hydrogens (tertiary/aromatic N) is 1. The van der Waals surface area contributed by atoms with Crippen molar-refractivity contribution in [3.8, 4) is 0 Å². The molecular formula is C15H21NO2. The van der Waals surface area contributed by atoms with E-state index in [9.17, 15) is 4.79 Å². The Morgan fingerprint density at radius 2 is 2.17 bits per heavy atom. The number of carbonyl (C=O) groups is 1. The number of ketones is 1. The Bertz CT molecular complexity index is 371. The van der Waals surface area contributed by atoms with Crippen LogP contribution in [0, 0.1) is 5.92 Å². The molecule has 0 bridgehead atoms. The van der Waals surface area contributed by atoms with E-state index >= 15 is 0 Å². The first-order valence-electron chi connectivity index (χ1n) is 6.60. The zero-order chi connectivity index (χ0) is 12.8. The van der Waals surface area contributed by atoms with Crippen LogP contribution < -0.4 is 0 Å². The van der Waals surface area contributed by atoms with Crippen molar-refractivity contribution >= 4 is 5.78 Å². The normalized spacial score (nSPS) is 20.0. The molecule has 2 rings (SSSR count). The van der Waals surface area contributed by atoms with Gasteiger partial charge in [0.25, 0.3) is 0 Å². The first-order valence-corrected chi connectivity index (χ1v) is 6.60. The van der Waals surface area contributed by atoms with Crippen molar-refractivity contribution in [2.45, 2.75) is 12.8 Å². The number of Topliss-reactive ketones (excluding diaryl/α,β-unsaturated/α-hetero) is 1. The zero-order valence-electron chi connectivity index (χ0n) is 11.0. The molecule has 0 amide bonds. The molecule has 18 heavy (non-hydrogen) atoms. The van der Waals surface area contributed by atoms with Gasteiger partial charge in [-0.3, -0.25) is 9.69 Å². The summed E-state index contributed by atoms with van der Waals surface area (Å²) >= 11 is 0. The number of ether oxygens (including phenoxy) is 1. The smallest absolute Gasteiger partial charge is 0.176 e. The molecule has 3 heteroatoms. The van der Waals surface area contributed by atoms with Gasteiger partial charge in [-0.05, 0) is 25.8 Å². The fraction of sp³-hybridized carbons (Fsp3) is 0.533. The highest BCUT2D eigenvalue weighted by Gasteiger charge is 2.17. The van der Waals surface area contributed by atoms with Crippen LogP contribution in [-0.2, 0) is 4.74 Å². The van der Waals surface area contributed by atoms with Crippen LogP contribution in [0.15, 0.2) is 30.3 Å². The van der Waals surface area contributed by atoms with Crippen molar-refractivity contribution in [3.63, 3.8) is 0 Å². The summed E-state index contributed by atoms with van der Waals surface area (Å²) in [5, 5.41) is 0. The van der Waals surface area contributed by atoms with Crippen molar-refractivity contribution in [2.24, 2.45) is 5.92 Å². The molecule has 1 unspecified atom stereocenters. The van der Waals surface area contributed by atoms with Crippen molar-refractivity contribution in [1.29, 1.82) is 0 Å². The third kappa shape index (κ3) is 3.93. The van der Waals surface area contributed by atoms with E-state index in [4.69, 9.17) is 4.74 Å². The summed E-state index contributed by atoms with van der Waals surface area (Å²) in [5.74, 6) is 0.766. The van der Waals surface area contributed by atoms with Crippen LogP contribution >= 0.6 is 0 Å². The fourth-order valence-corrected chi connectivity index (χ4v) is 2.42. The van der Waals surface area contributed by atoms with Gasteiger partial charge in [-0.1, -0.05) is 30.3 Å². The minimum atomic E-state index is 0.190. The van der Waals surface area contributed by atoms with Crippen LogP contribution in [0.1, 0.15) is 23.2 Å². The van der Waals surface area contributed by atoms with Gasteiger partial charge in [0.05, 0.1) is 13.2 Å². The highest BCUT2D eigenvalue weighted by atomic mass is 16.5. The molecule has 1 aromatic rings. The molecule has 0 aliphatic carbocycles. The van der Waals surface area contributed by atoms with Gasteiger partial charge in [-0.25, -0.2) is 0 Å². The van der Waals surface area contributed by atoms with Crippen LogP contribution in [0.3, 0.4) is 0 Å². The summed E-state index contributed by atoms with van der Waals surface area (Å²) in [7, 11) is 2.01. The van der Waals surface area contributed by atoms with Gasteiger partial charge in [-0.15, -0.1) is 0 Å². The van der Waals surface area contributed by atoms with Crippen LogP contribution in [0.25, 0.3) is 0 Å². The van der Waals surface area contributed by atoms with Crippen molar-refractivity contribution in [2.75, 3.05) is 33.4 Å². The van der Waals surface area contributed by atoms with Crippen molar-refractivity contribution in [3.05, 3.63) is 35.9 Å². The molecule has 3 nitrogen and oxygen atoms in total. The summed E-state index contributed by atoms with van der Waals surface area (Å²) in [5.41, 5.74) is 0.796. The minimum Gasteiger partial charge on any atom is -0.381 e. The molecule has 98 valence electrons. The third-order valence-electron chi connectivity index (χ3n) is 3.33. The maximum atomic E-state index is 12.0. The van der Waals surface area contributed by atoms with Crippen LogP contribution in [-0.4, -0.2) is 44.0 Å². The van der Waals surface area contributed by atoms with Crippen LogP contribution in [0.4, 0.5) is 0 Å². The maximum absolute atomic E-state index is 12.0. The van der Waals surface area contributed by atoms with Gasteiger partial charge in [0, 0.05) is 18.7 Å². The van der Waals surface area contributed by atoms with Crippen molar-refractivity contribution < 1.29 is 9.53 Å². The van der Waals surface area contributed by atoms with E-state index in [0.29, 0.717) is 12.5 Å². The lowest BCUT2D eigenvalue weighted by atomic mass is 10.0. The molecule has 1 aromatic carbocycles. The van der Waals surface area contributed by atoms with E-state index < -0.39 is 0 Å². The predicted octanol–water partition coefficient (Wildman–Crippen LogP) is 2.23. The van der Waals surface area contributed by atoms with Gasteiger partial charge < -0.3 is 4.74 Å². The van der Waals surface area contributed by atoms with E-state index in [1.54, 1.807) is 0 Å². The molecule has 1 aliphatic heterocycles.